The van der Waals surface area contributed by atoms with Crippen LogP contribution in [0.5, 0.6) is 0 Å². The van der Waals surface area contributed by atoms with Crippen molar-refractivity contribution in [3.63, 3.8) is 0 Å². The molecular weight excluding hydrogens is 143 g/mol. The van der Waals surface area contributed by atoms with Gasteiger partial charge in [-0.15, -0.1) is 0 Å². The topological polar surface area (TPSA) is 17.1 Å². The fourth-order valence-corrected chi connectivity index (χ4v) is 0. The van der Waals surface area contributed by atoms with E-state index in [1.165, 1.54) is 6.92 Å². The second kappa shape index (κ2) is 4.42. The second-order valence-corrected chi connectivity index (χ2v) is 0.702. The van der Waals surface area contributed by atoms with E-state index >= 15 is 0 Å². The third kappa shape index (κ3) is 145. The summed E-state index contributed by atoms with van der Waals surface area (Å²) >= 11 is 0. The Hall–Kier alpha value is 0.423. The van der Waals surface area contributed by atoms with Crippen LogP contribution in [0.3, 0.4) is 0 Å². The number of Topliss-reactive ketones (excluding diaryl/α,β-unsaturated/α-hetero) is 1. The van der Waals surface area contributed by atoms with E-state index in [0.717, 1.165) is 0 Å². The number of hydrogen-bond donors (Lipinski definition) is 0. The maximum absolute atomic E-state index is 9.33. The fourth-order valence-electron chi connectivity index (χ4n) is 0. The van der Waals surface area contributed by atoms with Crippen molar-refractivity contribution >= 4 is 5.78 Å². The Kier molecular flexibility index (Phi) is 8.01. The van der Waals surface area contributed by atoms with Crippen molar-refractivity contribution in [1.29, 1.82) is 0 Å². The van der Waals surface area contributed by atoms with Gasteiger partial charge in [0.05, 0.1) is 0 Å². The molecule has 1 nitrogen and oxygen atoms in total. The molecule has 0 unspecified atom stereocenters. The summed E-state index contributed by atoms with van der Waals surface area (Å²) < 4.78 is 0. The standard InChI is InChI=1S/C3H5O.Zr/c1-3(2)4;/h1H2,2H3;/q-1;. The summed E-state index contributed by atoms with van der Waals surface area (Å²) in [6.45, 7) is 4.42. The molecule has 2 heteroatoms. The van der Waals surface area contributed by atoms with Crippen molar-refractivity contribution in [2.75, 3.05) is 0 Å². The Morgan fingerprint density at radius 3 is 1.80 bits per heavy atom. The average molecular weight is 148 g/mol. The minimum absolute atomic E-state index is 0. The first-order chi connectivity index (χ1) is 1.73. The predicted molar refractivity (Wildman–Crippen MR) is 16.0 cm³/mol. The third-order valence-corrected chi connectivity index (χ3v) is 0. The van der Waals surface area contributed by atoms with Gasteiger partial charge >= 0.3 is 0 Å². The van der Waals surface area contributed by atoms with Crippen LogP contribution in [0.1, 0.15) is 6.92 Å². The summed E-state index contributed by atoms with van der Waals surface area (Å²) in [5.41, 5.74) is 0. The minimum atomic E-state index is -0.0833. The van der Waals surface area contributed by atoms with Crippen LogP contribution >= 0.6 is 0 Å². The van der Waals surface area contributed by atoms with Crippen molar-refractivity contribution in [2.24, 2.45) is 0 Å². The van der Waals surface area contributed by atoms with Crippen LogP contribution in [-0.2, 0) is 31.0 Å². The minimum Gasteiger partial charge on any atom is -0.340 e. The molecule has 0 atom stereocenters. The van der Waals surface area contributed by atoms with Crippen LogP contribution in [0, 0.1) is 6.92 Å². The molecule has 0 saturated carbocycles. The summed E-state index contributed by atoms with van der Waals surface area (Å²) in [6.07, 6.45) is 0. The second-order valence-electron chi connectivity index (χ2n) is 0.702. The quantitative estimate of drug-likeness (QED) is 0.455. The van der Waals surface area contributed by atoms with Crippen molar-refractivity contribution in [3.05, 3.63) is 6.92 Å². The first-order valence-corrected chi connectivity index (χ1v) is 1.06. The molecule has 0 spiro atoms. The van der Waals surface area contributed by atoms with Gasteiger partial charge in [-0.2, -0.15) is 0 Å². The molecule has 0 heterocycles. The first kappa shape index (κ1) is 9.05. The number of carbonyl (C=O) groups is 1. The summed E-state index contributed by atoms with van der Waals surface area (Å²) in [4.78, 5) is 9.33. The van der Waals surface area contributed by atoms with Crippen LogP contribution in [0.25, 0.3) is 0 Å². The SMILES string of the molecule is [CH2-]C(C)=O.[Zr]. The van der Waals surface area contributed by atoms with E-state index < -0.39 is 0 Å². The molecular formula is C3H5OZr-. The maximum atomic E-state index is 9.33. The van der Waals surface area contributed by atoms with E-state index in [0.29, 0.717) is 0 Å². The Bertz CT molecular complexity index is 29.9. The van der Waals surface area contributed by atoms with E-state index in [2.05, 4.69) is 6.92 Å². The molecule has 0 saturated heterocycles. The van der Waals surface area contributed by atoms with E-state index in [1.807, 2.05) is 0 Å². The molecule has 5 heavy (non-hydrogen) atoms. The van der Waals surface area contributed by atoms with Crippen LogP contribution in [0.15, 0.2) is 0 Å². The molecule has 0 aliphatic carbocycles. The van der Waals surface area contributed by atoms with Gasteiger partial charge in [0.15, 0.2) is 0 Å². The maximum Gasteiger partial charge on any atom is 0 e. The van der Waals surface area contributed by atoms with Gasteiger partial charge in [0.25, 0.3) is 0 Å². The molecule has 0 fully saturated rings. The van der Waals surface area contributed by atoms with Crippen LogP contribution < -0.4 is 0 Å². The van der Waals surface area contributed by atoms with Crippen LogP contribution in [0.4, 0.5) is 0 Å². The Morgan fingerprint density at radius 1 is 1.80 bits per heavy atom. The zero-order chi connectivity index (χ0) is 3.58. The molecule has 0 aliphatic heterocycles. The zero-order valence-electron chi connectivity index (χ0n) is 3.12. The molecule has 0 rings (SSSR count). The van der Waals surface area contributed by atoms with Gasteiger partial charge in [-0.05, 0) is 12.7 Å². The third-order valence-electron chi connectivity index (χ3n) is 0. The van der Waals surface area contributed by atoms with E-state index in [1.54, 1.807) is 0 Å². The largest absolute Gasteiger partial charge is 0.340 e. The van der Waals surface area contributed by atoms with Crippen LogP contribution in [0.2, 0.25) is 0 Å². The van der Waals surface area contributed by atoms with Gasteiger partial charge in [0.2, 0.25) is 0 Å². The van der Waals surface area contributed by atoms with Gasteiger partial charge in [0, 0.05) is 26.2 Å². The van der Waals surface area contributed by atoms with Crippen molar-refractivity contribution in [1.82, 2.24) is 0 Å². The van der Waals surface area contributed by atoms with E-state index in [-0.39, 0.29) is 32.0 Å². The van der Waals surface area contributed by atoms with Crippen molar-refractivity contribution in [3.8, 4) is 0 Å². The van der Waals surface area contributed by atoms with Gasteiger partial charge in [0.1, 0.15) is 0 Å². The van der Waals surface area contributed by atoms with Gasteiger partial charge in [-0.3, -0.25) is 0 Å². The van der Waals surface area contributed by atoms with Crippen molar-refractivity contribution in [2.45, 2.75) is 6.92 Å². The van der Waals surface area contributed by atoms with Crippen molar-refractivity contribution < 1.29 is 31.0 Å². The van der Waals surface area contributed by atoms with Gasteiger partial charge < -0.3 is 11.7 Å². The molecule has 0 N–H and O–H groups in total. The first-order valence-electron chi connectivity index (χ1n) is 1.06. The summed E-state index contributed by atoms with van der Waals surface area (Å²) in [6, 6.07) is 0. The molecule has 28 valence electrons. The zero-order valence-corrected chi connectivity index (χ0v) is 5.57. The molecule has 0 radical (unpaired) electrons. The smallest absolute Gasteiger partial charge is 0 e. The summed E-state index contributed by atoms with van der Waals surface area (Å²) in [5.74, 6) is -0.0833. The number of hydrogen-bond acceptors (Lipinski definition) is 1. The molecule has 0 aromatic rings. The molecule has 0 aromatic heterocycles. The monoisotopic (exact) mass is 147 g/mol. The number of ketones is 1. The van der Waals surface area contributed by atoms with E-state index in [9.17, 15) is 4.79 Å². The van der Waals surface area contributed by atoms with Crippen LogP contribution in [-0.4, -0.2) is 5.78 Å². The predicted octanol–water partition coefficient (Wildman–Crippen LogP) is 0.407. The fraction of sp³-hybridized carbons (Fsp3) is 0.333. The molecule has 0 aromatic carbocycles. The number of rotatable bonds is 0. The normalized spacial score (nSPS) is 5.00. The summed E-state index contributed by atoms with van der Waals surface area (Å²) in [5, 5.41) is 0. The molecule has 0 amide bonds. The molecule has 0 aliphatic rings. The molecule has 0 bridgehead atoms. The Balaban J connectivity index is 0. The Labute approximate surface area is 50.9 Å². The number of carbonyl (C=O) groups excluding carboxylic acids is 1. The summed E-state index contributed by atoms with van der Waals surface area (Å²) in [7, 11) is 0. The Morgan fingerprint density at radius 2 is 1.80 bits per heavy atom. The van der Waals surface area contributed by atoms with Gasteiger partial charge in [-0.1, -0.05) is 0 Å². The van der Waals surface area contributed by atoms with E-state index in [4.69, 9.17) is 0 Å². The average Bonchev–Trinajstić information content (AvgIpc) is 0.811. The van der Waals surface area contributed by atoms with Gasteiger partial charge in [-0.25, -0.2) is 0 Å².